The molecule has 33 heavy (non-hydrogen) atoms. The molecule has 0 aliphatic heterocycles. The minimum absolute atomic E-state index is 0.228. The number of amides is 1. The van der Waals surface area contributed by atoms with Crippen LogP contribution in [0.25, 0.3) is 0 Å². The molecule has 0 aliphatic carbocycles. The van der Waals surface area contributed by atoms with Gasteiger partial charge in [0.1, 0.15) is 0 Å². The molecular weight excluding hydrogens is 512 g/mol. The summed E-state index contributed by atoms with van der Waals surface area (Å²) in [6.45, 7) is -0.296. The average molecular weight is 532 g/mol. The molecule has 0 radical (unpaired) electrons. The van der Waals surface area contributed by atoms with Gasteiger partial charge in [0.05, 0.1) is 22.8 Å². The van der Waals surface area contributed by atoms with Gasteiger partial charge in [-0.15, -0.1) is 0 Å². The van der Waals surface area contributed by atoms with Crippen molar-refractivity contribution < 1.29 is 24.2 Å². The molecule has 1 amide bonds. The average Bonchev–Trinajstić information content (AvgIpc) is 2.83. The first kappa shape index (κ1) is 24.4. The molecule has 0 atom stereocenters. The van der Waals surface area contributed by atoms with Gasteiger partial charge in [0.15, 0.2) is 18.0 Å². The number of benzene rings is 3. The van der Waals surface area contributed by atoms with Crippen molar-refractivity contribution in [3.8, 4) is 5.75 Å². The molecule has 3 rings (SSSR count). The first-order valence-corrected chi connectivity index (χ1v) is 10.9. The first-order chi connectivity index (χ1) is 15.9. The summed E-state index contributed by atoms with van der Waals surface area (Å²) < 4.78 is 10.4. The number of aliphatic hydroxyl groups is 1. The second-order valence-electron chi connectivity index (χ2n) is 6.82. The van der Waals surface area contributed by atoms with Crippen LogP contribution in [0.2, 0.25) is 5.02 Å². The normalized spacial score (nSPS) is 11.3. The lowest BCUT2D eigenvalue weighted by Gasteiger charge is -2.27. The van der Waals surface area contributed by atoms with Crippen LogP contribution in [0.5, 0.6) is 5.75 Å². The highest BCUT2D eigenvalue weighted by atomic mass is 79.9. The third-order valence-corrected chi connectivity index (χ3v) is 5.54. The zero-order chi connectivity index (χ0) is 23.8. The fourth-order valence-electron chi connectivity index (χ4n) is 3.02. The molecule has 9 heteroatoms. The van der Waals surface area contributed by atoms with E-state index in [-0.39, 0.29) is 17.4 Å². The number of carbonyl (C=O) groups excluding carboxylic acids is 2. The first-order valence-electron chi connectivity index (χ1n) is 9.72. The number of hydrogen-bond donors (Lipinski definition) is 2. The molecule has 0 unspecified atom stereocenters. The number of rotatable bonds is 8. The lowest BCUT2D eigenvalue weighted by molar-refractivity contribution is -0.143. The SMILES string of the molecule is COC(=O)COc1c(Cl)cc(/C=N/NC(=O)C(O)(c2ccccc2)c2ccccc2)cc1Br. The van der Waals surface area contributed by atoms with Crippen LogP contribution in [0.4, 0.5) is 0 Å². The summed E-state index contributed by atoms with van der Waals surface area (Å²) >= 11 is 9.57. The number of esters is 1. The number of carbonyl (C=O) groups is 2. The van der Waals surface area contributed by atoms with Gasteiger partial charge in [-0.25, -0.2) is 10.2 Å². The fraction of sp³-hybridized carbons (Fsp3) is 0.125. The fourth-order valence-corrected chi connectivity index (χ4v) is 4.00. The summed E-state index contributed by atoms with van der Waals surface area (Å²) in [6.07, 6.45) is 1.37. The maximum absolute atomic E-state index is 13.0. The Morgan fingerprint density at radius 2 is 1.67 bits per heavy atom. The molecule has 3 aromatic rings. The van der Waals surface area contributed by atoms with E-state index in [0.717, 1.165) is 0 Å². The van der Waals surface area contributed by atoms with Gasteiger partial charge in [-0.1, -0.05) is 72.3 Å². The van der Waals surface area contributed by atoms with E-state index in [1.54, 1.807) is 72.8 Å². The lowest BCUT2D eigenvalue weighted by atomic mass is 9.85. The van der Waals surface area contributed by atoms with E-state index < -0.39 is 17.5 Å². The lowest BCUT2D eigenvalue weighted by Crippen LogP contribution is -2.43. The molecule has 170 valence electrons. The van der Waals surface area contributed by atoms with Crippen molar-refractivity contribution in [3.63, 3.8) is 0 Å². The third-order valence-electron chi connectivity index (χ3n) is 4.67. The van der Waals surface area contributed by atoms with E-state index in [4.69, 9.17) is 16.3 Å². The monoisotopic (exact) mass is 530 g/mol. The predicted octanol–water partition coefficient (Wildman–Crippen LogP) is 4.04. The van der Waals surface area contributed by atoms with E-state index in [0.29, 0.717) is 21.2 Å². The molecule has 0 spiro atoms. The number of ether oxygens (including phenoxy) is 2. The third kappa shape index (κ3) is 5.78. The van der Waals surface area contributed by atoms with Gasteiger partial charge in [-0.2, -0.15) is 5.10 Å². The van der Waals surface area contributed by atoms with Crippen molar-refractivity contribution in [1.29, 1.82) is 0 Å². The summed E-state index contributed by atoms with van der Waals surface area (Å²) in [6, 6.07) is 20.4. The Kier molecular flexibility index (Phi) is 8.21. The van der Waals surface area contributed by atoms with Crippen LogP contribution in [0.1, 0.15) is 16.7 Å². The molecule has 2 N–H and O–H groups in total. The molecule has 0 saturated carbocycles. The largest absolute Gasteiger partial charge is 0.479 e. The van der Waals surface area contributed by atoms with Crippen LogP contribution >= 0.6 is 27.5 Å². The molecule has 0 bridgehead atoms. The Morgan fingerprint density at radius 3 is 2.18 bits per heavy atom. The smallest absolute Gasteiger partial charge is 0.343 e. The van der Waals surface area contributed by atoms with Gasteiger partial charge in [-0.05, 0) is 44.8 Å². The van der Waals surface area contributed by atoms with Gasteiger partial charge in [0, 0.05) is 0 Å². The van der Waals surface area contributed by atoms with Crippen molar-refractivity contribution in [2.45, 2.75) is 5.60 Å². The summed E-state index contributed by atoms with van der Waals surface area (Å²) in [7, 11) is 1.26. The second kappa shape index (κ2) is 11.1. The van der Waals surface area contributed by atoms with Crippen molar-refractivity contribution >= 4 is 45.6 Å². The zero-order valence-corrected chi connectivity index (χ0v) is 19.8. The van der Waals surface area contributed by atoms with Crippen LogP contribution in [0.3, 0.4) is 0 Å². The number of nitrogens with zero attached hydrogens (tertiary/aromatic N) is 1. The topological polar surface area (TPSA) is 97.2 Å². The summed E-state index contributed by atoms with van der Waals surface area (Å²) in [4.78, 5) is 24.3. The van der Waals surface area contributed by atoms with Crippen molar-refractivity contribution in [2.24, 2.45) is 5.10 Å². The summed E-state index contributed by atoms with van der Waals surface area (Å²) in [5, 5.41) is 15.6. The molecular formula is C24H20BrClN2O5. The standard InChI is InChI=1S/C24H20BrClN2O5/c1-32-21(29)15-33-22-19(25)12-16(13-20(22)26)14-27-28-23(30)24(31,17-8-4-2-5-9-17)18-10-6-3-7-11-18/h2-14,31H,15H2,1H3,(H,28,30)/b27-14+. The van der Waals surface area contributed by atoms with E-state index >= 15 is 0 Å². The van der Waals surface area contributed by atoms with Crippen LogP contribution < -0.4 is 10.2 Å². The Bertz CT molecular complexity index is 1090. The number of halogens is 2. The quantitative estimate of drug-likeness (QED) is 0.260. The second-order valence-corrected chi connectivity index (χ2v) is 8.08. The van der Waals surface area contributed by atoms with Crippen molar-refractivity contribution in [2.75, 3.05) is 13.7 Å². The molecule has 0 aromatic heterocycles. The highest BCUT2D eigenvalue weighted by Crippen LogP contribution is 2.34. The van der Waals surface area contributed by atoms with Gasteiger partial charge in [0.2, 0.25) is 0 Å². The van der Waals surface area contributed by atoms with E-state index in [1.807, 2.05) is 0 Å². The molecule has 0 fully saturated rings. The number of nitrogens with one attached hydrogen (secondary N) is 1. The Balaban J connectivity index is 1.80. The van der Waals surface area contributed by atoms with Gasteiger partial charge in [-0.3, -0.25) is 4.79 Å². The van der Waals surface area contributed by atoms with Gasteiger partial charge in [0.25, 0.3) is 5.91 Å². The number of hydrazone groups is 1. The minimum Gasteiger partial charge on any atom is -0.479 e. The van der Waals surface area contributed by atoms with Crippen LogP contribution in [0, 0.1) is 0 Å². The van der Waals surface area contributed by atoms with Crippen molar-refractivity contribution in [1.82, 2.24) is 5.43 Å². The predicted molar refractivity (Wildman–Crippen MR) is 128 cm³/mol. The Morgan fingerprint density at radius 1 is 1.09 bits per heavy atom. The Hall–Kier alpha value is -3.20. The van der Waals surface area contributed by atoms with Gasteiger partial charge < -0.3 is 14.6 Å². The molecule has 3 aromatic carbocycles. The molecule has 7 nitrogen and oxygen atoms in total. The maximum atomic E-state index is 13.0. The zero-order valence-electron chi connectivity index (χ0n) is 17.5. The maximum Gasteiger partial charge on any atom is 0.343 e. The van der Waals surface area contributed by atoms with Crippen LogP contribution in [0.15, 0.2) is 82.4 Å². The number of hydrogen-bond acceptors (Lipinski definition) is 6. The molecule has 0 aliphatic rings. The van der Waals surface area contributed by atoms with Crippen LogP contribution in [-0.4, -0.2) is 36.9 Å². The van der Waals surface area contributed by atoms with Crippen molar-refractivity contribution in [3.05, 3.63) is 99.0 Å². The minimum atomic E-state index is -1.94. The van der Waals surface area contributed by atoms with E-state index in [1.165, 1.54) is 13.3 Å². The molecule has 0 saturated heterocycles. The van der Waals surface area contributed by atoms with E-state index in [9.17, 15) is 14.7 Å². The van der Waals surface area contributed by atoms with E-state index in [2.05, 4.69) is 31.2 Å². The molecule has 0 heterocycles. The van der Waals surface area contributed by atoms with Gasteiger partial charge >= 0.3 is 5.97 Å². The van der Waals surface area contributed by atoms with Crippen LogP contribution in [-0.2, 0) is 19.9 Å². The summed E-state index contributed by atoms with van der Waals surface area (Å²) in [5.74, 6) is -0.999. The number of methoxy groups -OCH3 is 1. The summed E-state index contributed by atoms with van der Waals surface area (Å²) in [5.41, 5.74) is 1.81. The highest BCUT2D eigenvalue weighted by molar-refractivity contribution is 9.10. The Labute approximate surface area is 204 Å². The highest BCUT2D eigenvalue weighted by Gasteiger charge is 2.39.